The zero-order valence-corrected chi connectivity index (χ0v) is 17.9. The Balaban J connectivity index is 2.14. The van der Waals surface area contributed by atoms with Crippen molar-refractivity contribution in [2.45, 2.75) is 45.6 Å². The van der Waals surface area contributed by atoms with Gasteiger partial charge in [0.1, 0.15) is 18.9 Å². The summed E-state index contributed by atoms with van der Waals surface area (Å²) in [6.07, 6.45) is -0.543. The van der Waals surface area contributed by atoms with Crippen LogP contribution in [0.5, 0.6) is 0 Å². The number of ether oxygens (including phenoxy) is 2. The van der Waals surface area contributed by atoms with Gasteiger partial charge in [0.05, 0.1) is 19.3 Å². The zero-order valence-electron chi connectivity index (χ0n) is 17.0. The Kier molecular flexibility index (Phi) is 8.95. The Bertz CT molecular complexity index is 975. The van der Waals surface area contributed by atoms with Crippen LogP contribution in [0.1, 0.15) is 32.1 Å². The molecule has 1 aliphatic rings. The standard InChI is InChI=1S/C15H22N5O10P/c1-4-26-29-31(24,30-27-5-2)15(23)25-8-11-10(18-19-16)6-12(28-11)20-7-9(3)13(21)17-14(20)22/h7,10-12H,4-6,8H2,1-3H3,(H,17,21,22)/t10-,11+,12+/m0/s1. The van der Waals surface area contributed by atoms with Gasteiger partial charge in [-0.15, -0.1) is 9.35 Å². The first-order chi connectivity index (χ1) is 14.8. The first-order valence-corrected chi connectivity index (χ1v) is 10.7. The van der Waals surface area contributed by atoms with E-state index in [0.717, 1.165) is 4.57 Å². The van der Waals surface area contributed by atoms with Crippen LogP contribution in [0, 0.1) is 6.92 Å². The number of azide groups is 1. The van der Waals surface area contributed by atoms with Crippen LogP contribution in [0.2, 0.25) is 0 Å². The summed E-state index contributed by atoms with van der Waals surface area (Å²) in [5.74, 6) is 0. The normalized spacial score (nSPS) is 20.9. The van der Waals surface area contributed by atoms with Crippen molar-refractivity contribution in [2.24, 2.45) is 5.11 Å². The molecule has 15 nitrogen and oxygen atoms in total. The number of carbonyl (C=O) groups excluding carboxylic acids is 1. The lowest BCUT2D eigenvalue weighted by Gasteiger charge is -2.18. The van der Waals surface area contributed by atoms with Gasteiger partial charge >= 0.3 is 19.0 Å². The molecule has 0 radical (unpaired) electrons. The van der Waals surface area contributed by atoms with E-state index in [9.17, 15) is 18.9 Å². The highest BCUT2D eigenvalue weighted by Gasteiger charge is 2.43. The fourth-order valence-corrected chi connectivity index (χ4v) is 3.44. The molecular formula is C15H22N5O10P. The molecule has 172 valence electrons. The lowest BCUT2D eigenvalue weighted by Crippen LogP contribution is -2.33. The van der Waals surface area contributed by atoms with Crippen molar-refractivity contribution >= 4 is 13.3 Å². The number of aromatic nitrogens is 2. The van der Waals surface area contributed by atoms with Crippen molar-refractivity contribution in [3.05, 3.63) is 43.0 Å². The van der Waals surface area contributed by atoms with Crippen molar-refractivity contribution < 1.29 is 38.0 Å². The Labute approximate surface area is 175 Å². The number of aryl methyl sites for hydroxylation is 1. The van der Waals surface area contributed by atoms with Gasteiger partial charge < -0.3 is 9.47 Å². The lowest BCUT2D eigenvalue weighted by atomic mass is 10.1. The number of hydrogen-bond acceptors (Lipinski definition) is 11. The second kappa shape index (κ2) is 11.2. The van der Waals surface area contributed by atoms with Crippen LogP contribution >= 0.6 is 7.60 Å². The van der Waals surface area contributed by atoms with E-state index in [4.69, 9.17) is 15.0 Å². The molecule has 0 saturated carbocycles. The van der Waals surface area contributed by atoms with E-state index < -0.39 is 49.5 Å². The Morgan fingerprint density at radius 2 is 2.00 bits per heavy atom. The third-order valence-corrected chi connectivity index (χ3v) is 5.17. The molecule has 0 aromatic carbocycles. The van der Waals surface area contributed by atoms with Crippen LogP contribution in [0.4, 0.5) is 4.79 Å². The number of nitrogens with one attached hydrogen (secondary N) is 1. The third kappa shape index (κ3) is 6.24. The van der Waals surface area contributed by atoms with Crippen LogP contribution in [0.15, 0.2) is 20.9 Å². The SMILES string of the molecule is CCOOP(=O)(OOCC)C(=O)OC[C@H]1O[C@@H](n2cc(C)c(=O)[nH]c2=O)C[C@@H]1N=[N+]=[N-]. The molecule has 1 saturated heterocycles. The number of nitrogens with zero attached hydrogens (tertiary/aromatic N) is 4. The number of rotatable bonds is 11. The fraction of sp³-hybridized carbons (Fsp3) is 0.667. The lowest BCUT2D eigenvalue weighted by molar-refractivity contribution is -0.261. The summed E-state index contributed by atoms with van der Waals surface area (Å²) in [6.45, 7) is 3.97. The van der Waals surface area contributed by atoms with Crippen molar-refractivity contribution in [1.82, 2.24) is 9.55 Å². The van der Waals surface area contributed by atoms with Crippen molar-refractivity contribution in [1.29, 1.82) is 0 Å². The van der Waals surface area contributed by atoms with E-state index in [1.54, 1.807) is 0 Å². The molecule has 16 heteroatoms. The molecule has 0 spiro atoms. The highest BCUT2D eigenvalue weighted by Crippen LogP contribution is 2.50. The number of carbonyl (C=O) groups is 1. The van der Waals surface area contributed by atoms with Crippen LogP contribution in [0.3, 0.4) is 0 Å². The minimum absolute atomic E-state index is 0.0353. The van der Waals surface area contributed by atoms with Gasteiger partial charge in [-0.25, -0.2) is 23.9 Å². The monoisotopic (exact) mass is 463 g/mol. The maximum Gasteiger partial charge on any atom is 0.491 e. The minimum atomic E-state index is -4.59. The summed E-state index contributed by atoms with van der Waals surface area (Å²) in [5, 5.41) is 3.59. The Morgan fingerprint density at radius 1 is 1.35 bits per heavy atom. The van der Waals surface area contributed by atoms with E-state index in [1.165, 1.54) is 27.0 Å². The average Bonchev–Trinajstić information content (AvgIpc) is 3.14. The molecule has 0 unspecified atom stereocenters. The molecule has 1 aromatic rings. The van der Waals surface area contributed by atoms with Crippen LogP contribution < -0.4 is 11.2 Å². The highest BCUT2D eigenvalue weighted by atomic mass is 31.2. The first-order valence-electron chi connectivity index (χ1n) is 9.17. The fourth-order valence-electron chi connectivity index (χ4n) is 2.57. The van der Waals surface area contributed by atoms with Gasteiger partial charge in [-0.1, -0.05) is 5.11 Å². The van der Waals surface area contributed by atoms with Gasteiger partial charge in [0.15, 0.2) is 0 Å². The molecule has 0 aliphatic carbocycles. The van der Waals surface area contributed by atoms with Gasteiger partial charge in [0.25, 0.3) is 5.56 Å². The molecule has 3 atom stereocenters. The van der Waals surface area contributed by atoms with Gasteiger partial charge in [0.2, 0.25) is 0 Å². The summed E-state index contributed by atoms with van der Waals surface area (Å²) in [4.78, 5) is 49.8. The van der Waals surface area contributed by atoms with Gasteiger partial charge in [-0.2, -0.15) is 0 Å². The molecule has 1 fully saturated rings. The molecule has 2 rings (SSSR count). The van der Waals surface area contributed by atoms with Gasteiger partial charge in [-0.05, 0) is 26.3 Å². The first kappa shape index (κ1) is 24.8. The maximum absolute atomic E-state index is 12.5. The molecule has 1 aromatic heterocycles. The minimum Gasteiger partial charge on any atom is -0.454 e. The van der Waals surface area contributed by atoms with Gasteiger partial charge in [-0.3, -0.25) is 14.3 Å². The van der Waals surface area contributed by atoms with Crippen LogP contribution in [-0.2, 0) is 33.2 Å². The second-order valence-corrected chi connectivity index (χ2v) is 7.81. The van der Waals surface area contributed by atoms with Crippen molar-refractivity contribution in [3.8, 4) is 0 Å². The average molecular weight is 463 g/mol. The van der Waals surface area contributed by atoms with E-state index in [0.29, 0.717) is 0 Å². The Morgan fingerprint density at radius 3 is 2.58 bits per heavy atom. The number of H-pyrrole nitrogens is 1. The second-order valence-electron chi connectivity index (χ2n) is 6.15. The van der Waals surface area contributed by atoms with Crippen molar-refractivity contribution in [3.63, 3.8) is 0 Å². The molecule has 0 bridgehead atoms. The van der Waals surface area contributed by atoms with E-state index >= 15 is 0 Å². The number of hydrogen-bond donors (Lipinski definition) is 1. The molecule has 31 heavy (non-hydrogen) atoms. The molecule has 0 amide bonds. The maximum atomic E-state index is 12.5. The van der Waals surface area contributed by atoms with E-state index in [2.05, 4.69) is 34.1 Å². The Hall–Kier alpha value is -2.51. The van der Waals surface area contributed by atoms with Crippen LogP contribution in [0.25, 0.3) is 10.4 Å². The zero-order chi connectivity index (χ0) is 23.0. The topological polar surface area (TPSA) is 193 Å². The molecular weight excluding hydrogens is 441 g/mol. The van der Waals surface area contributed by atoms with Crippen LogP contribution in [-0.4, -0.2) is 47.2 Å². The molecule has 2 heterocycles. The summed E-state index contributed by atoms with van der Waals surface area (Å²) in [5.41, 5.74) is 6.37. The summed E-state index contributed by atoms with van der Waals surface area (Å²) >= 11 is 0. The number of aromatic amines is 1. The van der Waals surface area contributed by atoms with Gasteiger partial charge in [0, 0.05) is 23.1 Å². The van der Waals surface area contributed by atoms with E-state index in [1.807, 2.05) is 0 Å². The predicted molar refractivity (Wildman–Crippen MR) is 102 cm³/mol. The van der Waals surface area contributed by atoms with E-state index in [-0.39, 0.29) is 25.2 Å². The summed E-state index contributed by atoms with van der Waals surface area (Å²) in [7, 11) is -4.59. The molecule has 1 N–H and O–H groups in total. The highest BCUT2D eigenvalue weighted by molar-refractivity contribution is 7.71. The molecule has 1 aliphatic heterocycles. The summed E-state index contributed by atoms with van der Waals surface area (Å²) < 4.78 is 33.2. The predicted octanol–water partition coefficient (Wildman–Crippen LogP) is 2.08. The summed E-state index contributed by atoms with van der Waals surface area (Å²) in [6, 6.07) is -0.832. The third-order valence-electron chi connectivity index (χ3n) is 3.99. The van der Waals surface area contributed by atoms with Crippen molar-refractivity contribution in [2.75, 3.05) is 19.8 Å². The largest absolute Gasteiger partial charge is 0.491 e. The smallest absolute Gasteiger partial charge is 0.454 e. The quantitative estimate of drug-likeness (QED) is 0.127.